The lowest BCUT2D eigenvalue weighted by atomic mass is 9.99. The molecular weight excluding hydrogens is 643 g/mol. The summed E-state index contributed by atoms with van der Waals surface area (Å²) in [6.07, 6.45) is 0. The zero-order valence-corrected chi connectivity index (χ0v) is 28.9. The van der Waals surface area contributed by atoms with Gasteiger partial charge in [-0.25, -0.2) is 9.97 Å². The van der Waals surface area contributed by atoms with E-state index < -0.39 is 0 Å². The molecule has 0 aliphatic carbocycles. The third-order valence-corrected chi connectivity index (χ3v) is 10.2. The zero-order chi connectivity index (χ0) is 35.1. The molecule has 53 heavy (non-hydrogen) atoms. The van der Waals surface area contributed by atoms with Crippen LogP contribution in [0.4, 0.5) is 0 Å². The summed E-state index contributed by atoms with van der Waals surface area (Å²) in [4.78, 5) is 10.1. The van der Waals surface area contributed by atoms with Gasteiger partial charge in [-0.15, -0.1) is 0 Å². The summed E-state index contributed by atoms with van der Waals surface area (Å²) < 4.78 is 2.36. The third-order valence-electron chi connectivity index (χ3n) is 10.2. The number of rotatable bonds is 6. The molecule has 2 heterocycles. The highest BCUT2D eigenvalue weighted by molar-refractivity contribution is 6.09. The first-order valence-corrected chi connectivity index (χ1v) is 18.0. The summed E-state index contributed by atoms with van der Waals surface area (Å²) in [5.41, 5.74) is 13.2. The van der Waals surface area contributed by atoms with Crippen molar-refractivity contribution in [1.82, 2.24) is 14.5 Å². The second-order valence-electron chi connectivity index (χ2n) is 13.5. The van der Waals surface area contributed by atoms with Crippen molar-refractivity contribution in [1.29, 1.82) is 0 Å². The Labute approximate surface area is 308 Å². The van der Waals surface area contributed by atoms with Gasteiger partial charge in [-0.2, -0.15) is 0 Å². The standard InChI is InChI=1S/C50H33N3/c1-2-11-39(12-3-1)46-33-47(42-27-24-34-10-4-5-13-41(34)32-42)52-50(51-46)40-25-22-37(23-26-40)35-18-20-36(21-19-35)38-28-30-43(31-29-38)53-48-16-8-6-14-44(48)45-15-7-9-17-49(45)53/h1-33H. The minimum Gasteiger partial charge on any atom is -0.309 e. The molecule has 0 saturated heterocycles. The van der Waals surface area contributed by atoms with Gasteiger partial charge in [-0.3, -0.25) is 0 Å². The Balaban J connectivity index is 0.937. The minimum atomic E-state index is 0.709. The van der Waals surface area contributed by atoms with Crippen LogP contribution in [-0.2, 0) is 0 Å². The van der Waals surface area contributed by atoms with E-state index >= 15 is 0 Å². The van der Waals surface area contributed by atoms with Gasteiger partial charge in [0.05, 0.1) is 22.4 Å². The minimum absolute atomic E-state index is 0.709. The van der Waals surface area contributed by atoms with E-state index in [1.165, 1.54) is 43.7 Å². The third kappa shape index (κ3) is 5.65. The van der Waals surface area contributed by atoms with Crippen molar-refractivity contribution in [2.24, 2.45) is 0 Å². The predicted octanol–water partition coefficient (Wildman–Crippen LogP) is 13.1. The SMILES string of the molecule is c1ccc(-c2cc(-c3ccc4ccccc4c3)nc(-c3ccc(-c4ccc(-c5ccc(-n6c7ccccc7c7ccccc76)cc5)cc4)cc3)n2)cc1. The van der Waals surface area contributed by atoms with Crippen molar-refractivity contribution < 1.29 is 0 Å². The Morgan fingerprint density at radius 3 is 1.36 bits per heavy atom. The highest BCUT2D eigenvalue weighted by atomic mass is 15.0. The van der Waals surface area contributed by atoms with Gasteiger partial charge in [-0.05, 0) is 69.4 Å². The van der Waals surface area contributed by atoms with E-state index in [4.69, 9.17) is 9.97 Å². The molecule has 8 aromatic carbocycles. The van der Waals surface area contributed by atoms with Crippen LogP contribution in [0.15, 0.2) is 200 Å². The van der Waals surface area contributed by atoms with Crippen LogP contribution in [0.2, 0.25) is 0 Å². The Bertz CT molecular complexity index is 2850. The molecule has 3 heteroatoms. The summed E-state index contributed by atoms with van der Waals surface area (Å²) in [6, 6.07) is 71.0. The van der Waals surface area contributed by atoms with E-state index in [1.807, 2.05) is 6.07 Å². The maximum absolute atomic E-state index is 5.09. The molecule has 0 bridgehead atoms. The molecule has 0 radical (unpaired) electrons. The topological polar surface area (TPSA) is 30.7 Å². The average Bonchev–Trinajstić information content (AvgIpc) is 3.58. The van der Waals surface area contributed by atoms with Gasteiger partial charge in [0.1, 0.15) is 0 Å². The van der Waals surface area contributed by atoms with E-state index in [2.05, 4.69) is 199 Å². The maximum atomic E-state index is 5.09. The molecule has 0 unspecified atom stereocenters. The Kier molecular flexibility index (Phi) is 7.47. The second-order valence-corrected chi connectivity index (χ2v) is 13.5. The normalized spacial score (nSPS) is 11.4. The molecule has 0 spiro atoms. The fraction of sp³-hybridized carbons (Fsp3) is 0. The van der Waals surface area contributed by atoms with Crippen molar-refractivity contribution in [2.75, 3.05) is 0 Å². The molecule has 10 rings (SSSR count). The van der Waals surface area contributed by atoms with Crippen LogP contribution in [0, 0.1) is 0 Å². The van der Waals surface area contributed by atoms with E-state index in [9.17, 15) is 0 Å². The maximum Gasteiger partial charge on any atom is 0.160 e. The average molecular weight is 676 g/mol. The molecule has 248 valence electrons. The van der Waals surface area contributed by atoms with Crippen LogP contribution in [0.5, 0.6) is 0 Å². The molecule has 0 saturated carbocycles. The molecule has 0 aliphatic rings. The van der Waals surface area contributed by atoms with Crippen molar-refractivity contribution in [3.05, 3.63) is 200 Å². The number of hydrogen-bond donors (Lipinski definition) is 0. The van der Waals surface area contributed by atoms with Crippen LogP contribution < -0.4 is 0 Å². The smallest absolute Gasteiger partial charge is 0.160 e. The van der Waals surface area contributed by atoms with E-state index in [0.29, 0.717) is 5.82 Å². The van der Waals surface area contributed by atoms with Gasteiger partial charge in [-0.1, -0.05) is 164 Å². The molecule has 0 aliphatic heterocycles. The fourth-order valence-electron chi connectivity index (χ4n) is 7.50. The molecule has 0 N–H and O–H groups in total. The molecular formula is C50H33N3. The van der Waals surface area contributed by atoms with Crippen molar-refractivity contribution in [2.45, 2.75) is 0 Å². The van der Waals surface area contributed by atoms with Gasteiger partial charge >= 0.3 is 0 Å². The molecule has 3 nitrogen and oxygen atoms in total. The lowest BCUT2D eigenvalue weighted by Crippen LogP contribution is -1.96. The van der Waals surface area contributed by atoms with Gasteiger partial charge in [0.15, 0.2) is 5.82 Å². The molecule has 10 aromatic rings. The first-order chi connectivity index (χ1) is 26.2. The molecule has 0 atom stereocenters. The summed E-state index contributed by atoms with van der Waals surface area (Å²) >= 11 is 0. The van der Waals surface area contributed by atoms with Crippen molar-refractivity contribution >= 4 is 32.6 Å². The number of para-hydroxylation sites is 2. The highest BCUT2D eigenvalue weighted by Crippen LogP contribution is 2.34. The lowest BCUT2D eigenvalue weighted by Gasteiger charge is -2.11. The van der Waals surface area contributed by atoms with Gasteiger partial charge in [0, 0.05) is 33.2 Å². The summed E-state index contributed by atoms with van der Waals surface area (Å²) in [5.74, 6) is 0.709. The Hall–Kier alpha value is -7.10. The second kappa shape index (κ2) is 12.9. The lowest BCUT2D eigenvalue weighted by molar-refractivity contribution is 1.18. The van der Waals surface area contributed by atoms with Crippen LogP contribution in [0.1, 0.15) is 0 Å². The van der Waals surface area contributed by atoms with Gasteiger partial charge in [0.25, 0.3) is 0 Å². The summed E-state index contributed by atoms with van der Waals surface area (Å²) in [6.45, 7) is 0. The van der Waals surface area contributed by atoms with Crippen molar-refractivity contribution in [3.8, 4) is 61.8 Å². The number of nitrogens with zero attached hydrogens (tertiary/aromatic N) is 3. The van der Waals surface area contributed by atoms with Crippen molar-refractivity contribution in [3.63, 3.8) is 0 Å². The number of benzene rings is 8. The van der Waals surface area contributed by atoms with Gasteiger partial charge < -0.3 is 4.57 Å². The first-order valence-electron chi connectivity index (χ1n) is 18.0. The number of aromatic nitrogens is 3. The number of fused-ring (bicyclic) bond motifs is 4. The molecule has 0 amide bonds. The largest absolute Gasteiger partial charge is 0.309 e. The van der Waals surface area contributed by atoms with E-state index in [1.54, 1.807) is 0 Å². The van der Waals surface area contributed by atoms with E-state index in [-0.39, 0.29) is 0 Å². The number of hydrogen-bond acceptors (Lipinski definition) is 2. The van der Waals surface area contributed by atoms with E-state index in [0.717, 1.165) is 44.9 Å². The Morgan fingerprint density at radius 1 is 0.302 bits per heavy atom. The summed E-state index contributed by atoms with van der Waals surface area (Å²) in [5, 5.41) is 4.95. The molecule has 0 fully saturated rings. The quantitative estimate of drug-likeness (QED) is 0.176. The van der Waals surface area contributed by atoms with Crippen LogP contribution >= 0.6 is 0 Å². The van der Waals surface area contributed by atoms with Crippen LogP contribution in [0.3, 0.4) is 0 Å². The Morgan fingerprint density at radius 2 is 0.755 bits per heavy atom. The van der Waals surface area contributed by atoms with Crippen LogP contribution in [0.25, 0.3) is 94.4 Å². The fourth-order valence-corrected chi connectivity index (χ4v) is 7.50. The monoisotopic (exact) mass is 675 g/mol. The molecule has 2 aromatic heterocycles. The first kappa shape index (κ1) is 30.7. The summed E-state index contributed by atoms with van der Waals surface area (Å²) in [7, 11) is 0. The highest BCUT2D eigenvalue weighted by Gasteiger charge is 2.13. The zero-order valence-electron chi connectivity index (χ0n) is 28.9. The van der Waals surface area contributed by atoms with Gasteiger partial charge in [0.2, 0.25) is 0 Å². The predicted molar refractivity (Wildman–Crippen MR) is 221 cm³/mol. The van der Waals surface area contributed by atoms with Crippen LogP contribution in [-0.4, -0.2) is 14.5 Å².